The number of aromatic nitrogens is 4. The number of para-hydroxylation sites is 1. The van der Waals surface area contributed by atoms with Crippen LogP contribution in [0.15, 0.2) is 35.3 Å². The first-order valence-electron chi connectivity index (χ1n) is 10.5. The van der Waals surface area contributed by atoms with Gasteiger partial charge in [-0.3, -0.25) is 0 Å². The Kier molecular flexibility index (Phi) is 10.4. The van der Waals surface area contributed by atoms with Gasteiger partial charge in [0, 0.05) is 37.7 Å². The molecule has 3 rings (SSSR count). The van der Waals surface area contributed by atoms with E-state index in [1.807, 2.05) is 31.5 Å². The Morgan fingerprint density at radius 1 is 1.12 bits per heavy atom. The summed E-state index contributed by atoms with van der Waals surface area (Å²) in [5.41, 5.74) is 2.31. The van der Waals surface area contributed by atoms with Gasteiger partial charge in [0.1, 0.15) is 17.4 Å². The Balaban J connectivity index is 0.00000363. The van der Waals surface area contributed by atoms with E-state index in [4.69, 9.17) is 4.99 Å². The molecule has 2 aromatic heterocycles. The van der Waals surface area contributed by atoms with Crippen molar-refractivity contribution in [3.8, 4) is 0 Å². The molecule has 0 saturated carbocycles. The summed E-state index contributed by atoms with van der Waals surface area (Å²) in [6, 6.07) is 10.4. The third-order valence-electron chi connectivity index (χ3n) is 5.20. The fourth-order valence-corrected chi connectivity index (χ4v) is 3.90. The van der Waals surface area contributed by atoms with E-state index in [9.17, 15) is 0 Å². The van der Waals surface area contributed by atoms with E-state index in [0.29, 0.717) is 13.1 Å². The van der Waals surface area contributed by atoms with Gasteiger partial charge in [-0.1, -0.05) is 18.2 Å². The SMILES string of the molecule is Cc1nc(CNC(=NCc2nnc(C)n2C)NCCCN(C)c2ccccc2)sc1C.I. The maximum absolute atomic E-state index is 4.72. The van der Waals surface area contributed by atoms with Crippen LogP contribution in [0.25, 0.3) is 0 Å². The monoisotopic (exact) mass is 568 g/mol. The average molecular weight is 569 g/mol. The molecule has 0 saturated heterocycles. The number of guanidine groups is 1. The van der Waals surface area contributed by atoms with Gasteiger partial charge >= 0.3 is 0 Å². The van der Waals surface area contributed by atoms with Crippen molar-refractivity contribution in [2.45, 2.75) is 40.3 Å². The second kappa shape index (κ2) is 12.7. The number of nitrogens with one attached hydrogen (secondary N) is 2. The molecule has 1 aromatic carbocycles. The molecular weight excluding hydrogens is 535 g/mol. The normalized spacial score (nSPS) is 11.2. The van der Waals surface area contributed by atoms with Crippen LogP contribution in [0.1, 0.15) is 33.6 Å². The Morgan fingerprint density at radius 2 is 1.88 bits per heavy atom. The molecule has 10 heteroatoms. The van der Waals surface area contributed by atoms with E-state index in [1.54, 1.807) is 11.3 Å². The molecule has 174 valence electrons. The van der Waals surface area contributed by atoms with E-state index < -0.39 is 0 Å². The second-order valence-corrected chi connectivity index (χ2v) is 8.82. The molecule has 0 amide bonds. The number of nitrogens with zero attached hydrogens (tertiary/aromatic N) is 6. The lowest BCUT2D eigenvalue weighted by Crippen LogP contribution is -2.38. The molecule has 2 heterocycles. The Labute approximate surface area is 211 Å². The van der Waals surface area contributed by atoms with Crippen molar-refractivity contribution in [1.82, 2.24) is 30.4 Å². The quantitative estimate of drug-likeness (QED) is 0.178. The molecule has 3 aromatic rings. The summed E-state index contributed by atoms with van der Waals surface area (Å²) in [5, 5.41) is 16.2. The largest absolute Gasteiger partial charge is 0.375 e. The first-order valence-corrected chi connectivity index (χ1v) is 11.3. The minimum absolute atomic E-state index is 0. The Hall–Kier alpha value is -2.21. The molecule has 0 aliphatic carbocycles. The molecule has 0 fully saturated rings. The van der Waals surface area contributed by atoms with Crippen molar-refractivity contribution in [2.75, 3.05) is 25.0 Å². The molecule has 32 heavy (non-hydrogen) atoms. The number of hydrogen-bond donors (Lipinski definition) is 2. The highest BCUT2D eigenvalue weighted by molar-refractivity contribution is 14.0. The summed E-state index contributed by atoms with van der Waals surface area (Å²) in [4.78, 5) is 12.8. The highest BCUT2D eigenvalue weighted by Crippen LogP contribution is 2.16. The van der Waals surface area contributed by atoms with Crippen LogP contribution in [-0.2, 0) is 20.1 Å². The lowest BCUT2D eigenvalue weighted by Gasteiger charge is -2.19. The lowest BCUT2D eigenvalue weighted by molar-refractivity contribution is 0.716. The maximum Gasteiger partial charge on any atom is 0.192 e. The minimum Gasteiger partial charge on any atom is -0.375 e. The number of benzene rings is 1. The van der Waals surface area contributed by atoms with Gasteiger partial charge in [0.2, 0.25) is 0 Å². The van der Waals surface area contributed by atoms with E-state index >= 15 is 0 Å². The zero-order valence-corrected chi connectivity index (χ0v) is 22.6. The van der Waals surface area contributed by atoms with Crippen molar-refractivity contribution < 1.29 is 0 Å². The fraction of sp³-hybridized carbons (Fsp3) is 0.455. The minimum atomic E-state index is 0. The standard InChI is InChI=1S/C22H32N8S.HI/c1-16-17(2)31-21(26-16)15-25-22(24-14-20-28-27-18(3)30(20)5)23-12-9-13-29(4)19-10-7-6-8-11-19;/h6-8,10-11H,9,12-15H2,1-5H3,(H2,23,24,25);1H. The van der Waals surface area contributed by atoms with Crippen LogP contribution in [-0.4, -0.2) is 45.8 Å². The van der Waals surface area contributed by atoms with Crippen LogP contribution in [0.4, 0.5) is 5.69 Å². The first kappa shape index (κ1) is 26.0. The van der Waals surface area contributed by atoms with Gasteiger partial charge in [-0.2, -0.15) is 0 Å². The van der Waals surface area contributed by atoms with Crippen LogP contribution in [0.5, 0.6) is 0 Å². The number of thiazole rings is 1. The van der Waals surface area contributed by atoms with E-state index in [0.717, 1.165) is 47.8 Å². The van der Waals surface area contributed by atoms with Gasteiger partial charge in [-0.25, -0.2) is 9.98 Å². The van der Waals surface area contributed by atoms with Gasteiger partial charge in [-0.05, 0) is 39.3 Å². The Morgan fingerprint density at radius 3 is 2.50 bits per heavy atom. The average Bonchev–Trinajstić information content (AvgIpc) is 3.27. The highest BCUT2D eigenvalue weighted by atomic mass is 127. The van der Waals surface area contributed by atoms with Crippen LogP contribution in [0.3, 0.4) is 0 Å². The second-order valence-electron chi connectivity index (χ2n) is 7.53. The van der Waals surface area contributed by atoms with Crippen LogP contribution >= 0.6 is 35.3 Å². The molecule has 0 aliphatic heterocycles. The Bertz CT molecular complexity index is 979. The first-order chi connectivity index (χ1) is 14.9. The zero-order valence-electron chi connectivity index (χ0n) is 19.4. The van der Waals surface area contributed by atoms with Crippen molar-refractivity contribution in [2.24, 2.45) is 12.0 Å². The molecular formula is C22H33IN8S. The zero-order chi connectivity index (χ0) is 22.2. The van der Waals surface area contributed by atoms with Crippen LogP contribution in [0, 0.1) is 20.8 Å². The molecule has 0 aliphatic rings. The maximum atomic E-state index is 4.72. The summed E-state index contributed by atoms with van der Waals surface area (Å²) in [5.74, 6) is 2.47. The summed E-state index contributed by atoms with van der Waals surface area (Å²) >= 11 is 1.72. The summed E-state index contributed by atoms with van der Waals surface area (Å²) in [7, 11) is 4.08. The van der Waals surface area contributed by atoms with E-state index in [1.165, 1.54) is 10.6 Å². The molecule has 0 spiro atoms. The molecule has 8 nitrogen and oxygen atoms in total. The van der Waals surface area contributed by atoms with Gasteiger partial charge < -0.3 is 20.1 Å². The number of halogens is 1. The van der Waals surface area contributed by atoms with Crippen molar-refractivity contribution in [1.29, 1.82) is 0 Å². The molecule has 0 radical (unpaired) electrons. The fourth-order valence-electron chi connectivity index (χ4n) is 3.02. The van der Waals surface area contributed by atoms with Gasteiger partial charge in [0.25, 0.3) is 0 Å². The molecule has 0 unspecified atom stereocenters. The summed E-state index contributed by atoms with van der Waals surface area (Å²) < 4.78 is 1.96. The van der Waals surface area contributed by atoms with Crippen LogP contribution in [0.2, 0.25) is 0 Å². The topological polar surface area (TPSA) is 83.3 Å². The number of rotatable bonds is 9. The van der Waals surface area contributed by atoms with Crippen LogP contribution < -0.4 is 15.5 Å². The third-order valence-corrected chi connectivity index (χ3v) is 6.27. The number of aryl methyl sites for hydroxylation is 3. The molecule has 0 bridgehead atoms. The van der Waals surface area contributed by atoms with Crippen molar-refractivity contribution in [3.63, 3.8) is 0 Å². The van der Waals surface area contributed by atoms with E-state index in [2.05, 4.69) is 69.0 Å². The lowest BCUT2D eigenvalue weighted by atomic mass is 10.3. The van der Waals surface area contributed by atoms with Gasteiger partial charge in [0.15, 0.2) is 11.8 Å². The van der Waals surface area contributed by atoms with Gasteiger partial charge in [0.05, 0.1) is 12.2 Å². The number of anilines is 1. The molecule has 0 atom stereocenters. The smallest absolute Gasteiger partial charge is 0.192 e. The summed E-state index contributed by atoms with van der Waals surface area (Å²) in [6.07, 6.45) is 0.991. The summed E-state index contributed by atoms with van der Waals surface area (Å²) in [6.45, 7) is 8.97. The van der Waals surface area contributed by atoms with Gasteiger partial charge in [-0.15, -0.1) is 45.5 Å². The van der Waals surface area contributed by atoms with Crippen molar-refractivity contribution >= 4 is 47.0 Å². The third kappa shape index (κ3) is 7.44. The highest BCUT2D eigenvalue weighted by Gasteiger charge is 2.08. The van der Waals surface area contributed by atoms with E-state index in [-0.39, 0.29) is 24.0 Å². The number of aliphatic imine (C=N–C) groups is 1. The predicted molar refractivity (Wildman–Crippen MR) is 143 cm³/mol. The van der Waals surface area contributed by atoms with Crippen molar-refractivity contribution in [3.05, 3.63) is 57.6 Å². The predicted octanol–water partition coefficient (Wildman–Crippen LogP) is 3.58. The molecule has 2 N–H and O–H groups in total. The number of hydrogen-bond acceptors (Lipinski definition) is 6.